The molecule has 18 heavy (non-hydrogen) atoms. The first-order valence-electron chi connectivity index (χ1n) is 5.44. The molecule has 1 unspecified atom stereocenters. The zero-order valence-electron chi connectivity index (χ0n) is 10.4. The van der Waals surface area contributed by atoms with Crippen LogP contribution in [0.5, 0.6) is 0 Å². The quantitative estimate of drug-likeness (QED) is 0.832. The van der Waals surface area contributed by atoms with Gasteiger partial charge in [-0.05, 0) is 31.5 Å². The van der Waals surface area contributed by atoms with E-state index in [-0.39, 0.29) is 5.76 Å². The van der Waals surface area contributed by atoms with Crippen molar-refractivity contribution in [2.45, 2.75) is 24.3 Å². The lowest BCUT2D eigenvalue weighted by Crippen LogP contribution is -2.22. The Morgan fingerprint density at radius 2 is 1.78 bits per heavy atom. The number of carbonyl (C=O) groups is 1. The number of cyclic esters (lactones) is 1. The molecule has 0 spiro atoms. The first-order valence-corrected chi connectivity index (χ1v) is 6.99. The van der Waals surface area contributed by atoms with E-state index in [1.165, 1.54) is 0 Å². The Hall–Kier alpha value is -1.62. The first-order chi connectivity index (χ1) is 8.33. The lowest BCUT2D eigenvalue weighted by atomic mass is 9.92. The number of benzene rings is 1. The number of carbonyl (C=O) groups excluding carboxylic acids is 1. The van der Waals surface area contributed by atoms with Gasteiger partial charge in [-0.1, -0.05) is 12.1 Å². The standard InChI is InChI=1S/C13H14O4S/c1-13(2)10(11(14)12(15)17-13)8-4-6-9(7-5-8)18(3)16/h4-7,14H,1-3H3. The smallest absolute Gasteiger partial charge is 0.374 e. The molecule has 0 amide bonds. The molecule has 0 radical (unpaired) electrons. The minimum Gasteiger partial charge on any atom is -0.502 e. The van der Waals surface area contributed by atoms with Crippen LogP contribution in [-0.4, -0.2) is 27.1 Å². The zero-order chi connectivity index (χ0) is 13.5. The van der Waals surface area contributed by atoms with E-state index in [0.717, 1.165) is 0 Å². The van der Waals surface area contributed by atoms with E-state index in [2.05, 4.69) is 0 Å². The van der Waals surface area contributed by atoms with Crippen LogP contribution in [0, 0.1) is 0 Å². The Morgan fingerprint density at radius 3 is 2.17 bits per heavy atom. The van der Waals surface area contributed by atoms with Crippen LogP contribution in [0.25, 0.3) is 5.57 Å². The van der Waals surface area contributed by atoms with Gasteiger partial charge in [0.2, 0.25) is 5.76 Å². The topological polar surface area (TPSA) is 63.6 Å². The van der Waals surface area contributed by atoms with E-state index in [9.17, 15) is 14.1 Å². The molecule has 0 saturated heterocycles. The Balaban J connectivity index is 2.48. The summed E-state index contributed by atoms with van der Waals surface area (Å²) in [4.78, 5) is 12.1. The first kappa shape index (κ1) is 12.8. The van der Waals surface area contributed by atoms with E-state index >= 15 is 0 Å². The average Bonchev–Trinajstić information content (AvgIpc) is 2.48. The Bertz CT molecular complexity index is 555. The predicted octanol–water partition coefficient (Wildman–Crippen LogP) is 2.03. The zero-order valence-corrected chi connectivity index (χ0v) is 11.2. The highest BCUT2D eigenvalue weighted by Crippen LogP contribution is 2.38. The van der Waals surface area contributed by atoms with E-state index < -0.39 is 22.4 Å². The summed E-state index contributed by atoms with van der Waals surface area (Å²) < 4.78 is 16.4. The number of ether oxygens (including phenoxy) is 1. The summed E-state index contributed by atoms with van der Waals surface area (Å²) in [6.07, 6.45) is 1.60. The lowest BCUT2D eigenvalue weighted by Gasteiger charge is -2.20. The van der Waals surface area contributed by atoms with Crippen LogP contribution in [0.1, 0.15) is 19.4 Å². The Kier molecular flexibility index (Phi) is 3.02. The molecule has 1 N–H and O–H groups in total. The second-order valence-corrected chi connectivity index (χ2v) is 5.98. The minimum absolute atomic E-state index is 0.356. The molecule has 0 bridgehead atoms. The van der Waals surface area contributed by atoms with Gasteiger partial charge in [0, 0.05) is 22.0 Å². The molecule has 1 aromatic rings. The van der Waals surface area contributed by atoms with E-state index in [4.69, 9.17) is 4.74 Å². The van der Waals surface area contributed by atoms with Gasteiger partial charge in [0.05, 0.1) is 5.57 Å². The molecular formula is C13H14O4S. The van der Waals surface area contributed by atoms with Gasteiger partial charge in [-0.2, -0.15) is 0 Å². The van der Waals surface area contributed by atoms with Gasteiger partial charge in [0.15, 0.2) is 0 Å². The molecule has 1 atom stereocenters. The third-order valence-corrected chi connectivity index (χ3v) is 3.79. The fourth-order valence-electron chi connectivity index (χ4n) is 2.02. The molecule has 4 nitrogen and oxygen atoms in total. The van der Waals surface area contributed by atoms with Crippen molar-refractivity contribution in [3.63, 3.8) is 0 Å². The van der Waals surface area contributed by atoms with Crippen molar-refractivity contribution in [1.29, 1.82) is 0 Å². The SMILES string of the molecule is CS(=O)c1ccc(C2=C(O)C(=O)OC2(C)C)cc1. The Labute approximate surface area is 108 Å². The van der Waals surface area contributed by atoms with Crippen molar-refractivity contribution in [3.8, 4) is 0 Å². The molecule has 0 fully saturated rings. The van der Waals surface area contributed by atoms with Crippen LogP contribution in [0.3, 0.4) is 0 Å². The highest BCUT2D eigenvalue weighted by Gasteiger charge is 2.41. The van der Waals surface area contributed by atoms with Crippen molar-refractivity contribution in [3.05, 3.63) is 35.6 Å². The van der Waals surface area contributed by atoms with Gasteiger partial charge in [-0.3, -0.25) is 4.21 Å². The van der Waals surface area contributed by atoms with Gasteiger partial charge < -0.3 is 9.84 Å². The number of aliphatic hydroxyl groups excluding tert-OH is 1. The second-order valence-electron chi connectivity index (χ2n) is 4.60. The van der Waals surface area contributed by atoms with E-state index in [1.54, 1.807) is 44.4 Å². The Morgan fingerprint density at radius 1 is 1.22 bits per heavy atom. The summed E-state index contributed by atoms with van der Waals surface area (Å²) in [6.45, 7) is 3.44. The maximum absolute atomic E-state index is 11.4. The molecule has 1 aliphatic heterocycles. The molecule has 96 valence electrons. The van der Waals surface area contributed by atoms with Crippen molar-refractivity contribution >= 4 is 22.3 Å². The third-order valence-electron chi connectivity index (χ3n) is 2.85. The summed E-state index contributed by atoms with van der Waals surface area (Å²) in [6, 6.07) is 6.88. The van der Waals surface area contributed by atoms with Crippen LogP contribution >= 0.6 is 0 Å². The van der Waals surface area contributed by atoms with Gasteiger partial charge in [0.1, 0.15) is 5.60 Å². The van der Waals surface area contributed by atoms with Crippen LogP contribution < -0.4 is 0 Å². The van der Waals surface area contributed by atoms with Crippen LogP contribution in [0.4, 0.5) is 0 Å². The van der Waals surface area contributed by atoms with Crippen molar-refractivity contribution in [1.82, 2.24) is 0 Å². The monoisotopic (exact) mass is 266 g/mol. The van der Waals surface area contributed by atoms with Gasteiger partial charge in [-0.15, -0.1) is 0 Å². The molecule has 2 rings (SSSR count). The molecule has 0 aromatic heterocycles. The molecule has 1 heterocycles. The fourth-order valence-corrected chi connectivity index (χ4v) is 2.54. The van der Waals surface area contributed by atoms with Crippen molar-refractivity contribution in [2.75, 3.05) is 6.26 Å². The summed E-state index contributed by atoms with van der Waals surface area (Å²) in [5.41, 5.74) is 0.298. The largest absolute Gasteiger partial charge is 0.502 e. The summed E-state index contributed by atoms with van der Waals surface area (Å²) in [5, 5.41) is 9.77. The molecule has 0 aliphatic carbocycles. The summed E-state index contributed by atoms with van der Waals surface area (Å²) in [7, 11) is -1.05. The maximum atomic E-state index is 11.4. The van der Waals surface area contributed by atoms with Gasteiger partial charge in [0.25, 0.3) is 0 Å². The number of rotatable bonds is 2. The number of esters is 1. The number of hydrogen-bond donors (Lipinski definition) is 1. The van der Waals surface area contributed by atoms with Crippen LogP contribution in [-0.2, 0) is 20.3 Å². The lowest BCUT2D eigenvalue weighted by molar-refractivity contribution is -0.146. The second kappa shape index (κ2) is 4.24. The normalized spacial score (nSPS) is 19.8. The average molecular weight is 266 g/mol. The highest BCUT2D eigenvalue weighted by molar-refractivity contribution is 7.84. The molecule has 0 saturated carbocycles. The third kappa shape index (κ3) is 2.06. The predicted molar refractivity (Wildman–Crippen MR) is 68.5 cm³/mol. The summed E-state index contributed by atoms with van der Waals surface area (Å²) >= 11 is 0. The van der Waals surface area contributed by atoms with Gasteiger partial charge >= 0.3 is 5.97 Å². The molecular weight excluding hydrogens is 252 g/mol. The molecule has 1 aliphatic rings. The minimum atomic E-state index is -1.05. The van der Waals surface area contributed by atoms with Crippen LogP contribution in [0.15, 0.2) is 34.9 Å². The van der Waals surface area contributed by atoms with Crippen molar-refractivity contribution in [2.24, 2.45) is 0 Å². The fraction of sp³-hybridized carbons (Fsp3) is 0.308. The number of aliphatic hydroxyl groups is 1. The highest BCUT2D eigenvalue weighted by atomic mass is 32.2. The maximum Gasteiger partial charge on any atom is 0.374 e. The number of hydrogen-bond acceptors (Lipinski definition) is 4. The molecule has 5 heteroatoms. The molecule has 1 aromatic carbocycles. The van der Waals surface area contributed by atoms with E-state index in [0.29, 0.717) is 16.0 Å². The van der Waals surface area contributed by atoms with Crippen LogP contribution in [0.2, 0.25) is 0 Å². The van der Waals surface area contributed by atoms with Gasteiger partial charge in [-0.25, -0.2) is 4.79 Å². The summed E-state index contributed by atoms with van der Waals surface area (Å²) in [5.74, 6) is -1.07. The van der Waals surface area contributed by atoms with Crippen molar-refractivity contribution < 1.29 is 18.8 Å². The van der Waals surface area contributed by atoms with E-state index in [1.807, 2.05) is 0 Å².